The van der Waals surface area contributed by atoms with Crippen LogP contribution >= 0.6 is 0 Å². The summed E-state index contributed by atoms with van der Waals surface area (Å²) < 4.78 is 10.4. The molecule has 0 amide bonds. The van der Waals surface area contributed by atoms with Crippen molar-refractivity contribution < 1.29 is 4.74 Å². The first kappa shape index (κ1) is 24.6. The average molecular weight is 505 g/mol. The predicted octanol–water partition coefficient (Wildman–Crippen LogP) is 3.77. The second-order valence-corrected chi connectivity index (χ2v) is 11.4. The van der Waals surface area contributed by atoms with Crippen LogP contribution in [0, 0.1) is 12.8 Å². The first-order chi connectivity index (χ1) is 17.9. The van der Waals surface area contributed by atoms with E-state index in [0.717, 1.165) is 54.1 Å². The SMILES string of the molecule is Cc1nc(-c2cn3c(n2)-c2ccc(C4CNNC4C4CCCN(C(C)C)C4)cc2OCC3)n(C(C)C)n1. The minimum atomic E-state index is 0.217. The minimum Gasteiger partial charge on any atom is -0.491 e. The molecule has 2 N–H and O–H groups in total. The molecule has 0 aliphatic carbocycles. The zero-order chi connectivity index (χ0) is 25.7. The van der Waals surface area contributed by atoms with Crippen molar-refractivity contribution in [3.05, 3.63) is 35.8 Å². The third kappa shape index (κ3) is 4.57. The first-order valence-electron chi connectivity index (χ1n) is 13.9. The van der Waals surface area contributed by atoms with E-state index in [-0.39, 0.29) is 6.04 Å². The monoisotopic (exact) mass is 504 g/mol. The maximum atomic E-state index is 6.29. The van der Waals surface area contributed by atoms with Gasteiger partial charge >= 0.3 is 0 Å². The molecule has 3 aliphatic rings. The van der Waals surface area contributed by atoms with Gasteiger partial charge in [-0.3, -0.25) is 10.9 Å². The topological polar surface area (TPSA) is 85.1 Å². The van der Waals surface area contributed by atoms with Gasteiger partial charge in [-0.15, -0.1) is 0 Å². The van der Waals surface area contributed by atoms with E-state index in [2.05, 4.69) is 82.5 Å². The van der Waals surface area contributed by atoms with Crippen LogP contribution in [0.25, 0.3) is 22.9 Å². The molecular weight excluding hydrogens is 464 g/mol. The minimum absolute atomic E-state index is 0.217. The number of imidazole rings is 1. The van der Waals surface area contributed by atoms with E-state index in [1.54, 1.807) is 0 Å². The van der Waals surface area contributed by atoms with Crippen molar-refractivity contribution in [1.29, 1.82) is 0 Å². The Morgan fingerprint density at radius 3 is 2.73 bits per heavy atom. The van der Waals surface area contributed by atoms with Gasteiger partial charge in [0.2, 0.25) is 0 Å². The fourth-order valence-electron chi connectivity index (χ4n) is 6.29. The number of aryl methyl sites for hydroxylation is 1. The maximum absolute atomic E-state index is 6.29. The Morgan fingerprint density at radius 2 is 1.92 bits per heavy atom. The van der Waals surface area contributed by atoms with Gasteiger partial charge in [-0.05, 0) is 77.6 Å². The zero-order valence-corrected chi connectivity index (χ0v) is 22.7. The lowest BCUT2D eigenvalue weighted by molar-refractivity contribution is 0.117. The molecule has 3 aliphatic heterocycles. The van der Waals surface area contributed by atoms with Crippen LogP contribution in [-0.2, 0) is 6.54 Å². The quantitative estimate of drug-likeness (QED) is 0.547. The summed E-state index contributed by atoms with van der Waals surface area (Å²) in [6.45, 7) is 15.5. The molecule has 2 saturated heterocycles. The summed E-state index contributed by atoms with van der Waals surface area (Å²) in [4.78, 5) is 12.4. The van der Waals surface area contributed by atoms with Gasteiger partial charge in [-0.2, -0.15) is 5.10 Å². The number of piperidine rings is 1. The van der Waals surface area contributed by atoms with Crippen molar-refractivity contribution in [2.75, 3.05) is 26.2 Å². The fourth-order valence-corrected chi connectivity index (χ4v) is 6.29. The highest BCUT2D eigenvalue weighted by molar-refractivity contribution is 5.69. The largest absolute Gasteiger partial charge is 0.491 e. The number of hydrogen-bond acceptors (Lipinski definition) is 7. The maximum Gasteiger partial charge on any atom is 0.178 e. The van der Waals surface area contributed by atoms with Crippen LogP contribution in [0.3, 0.4) is 0 Å². The highest BCUT2D eigenvalue weighted by Crippen LogP contribution is 2.39. The van der Waals surface area contributed by atoms with E-state index in [4.69, 9.17) is 9.72 Å². The van der Waals surface area contributed by atoms with Crippen LogP contribution in [0.1, 0.15) is 63.9 Å². The molecule has 9 nitrogen and oxygen atoms in total. The van der Waals surface area contributed by atoms with E-state index in [1.807, 2.05) is 11.6 Å². The summed E-state index contributed by atoms with van der Waals surface area (Å²) in [6.07, 6.45) is 4.64. The second-order valence-electron chi connectivity index (χ2n) is 11.4. The van der Waals surface area contributed by atoms with Gasteiger partial charge < -0.3 is 14.2 Å². The Balaban J connectivity index is 1.30. The molecule has 3 unspecified atom stereocenters. The lowest BCUT2D eigenvalue weighted by Gasteiger charge is -2.39. The molecule has 2 fully saturated rings. The Hall–Kier alpha value is -2.75. The number of rotatable bonds is 5. The van der Waals surface area contributed by atoms with Crippen LogP contribution in [0.5, 0.6) is 5.75 Å². The van der Waals surface area contributed by atoms with E-state index in [9.17, 15) is 0 Å². The molecule has 9 heteroatoms. The zero-order valence-electron chi connectivity index (χ0n) is 22.7. The Bertz CT molecular complexity index is 1260. The molecule has 0 bridgehead atoms. The molecule has 2 aromatic heterocycles. The summed E-state index contributed by atoms with van der Waals surface area (Å²) in [7, 11) is 0. The van der Waals surface area contributed by atoms with E-state index in [1.165, 1.54) is 24.9 Å². The molecule has 3 atom stereocenters. The van der Waals surface area contributed by atoms with Crippen molar-refractivity contribution in [1.82, 2.24) is 40.1 Å². The number of hydrazine groups is 1. The highest BCUT2D eigenvalue weighted by Gasteiger charge is 2.37. The van der Waals surface area contributed by atoms with Crippen LogP contribution < -0.4 is 15.6 Å². The third-order valence-corrected chi connectivity index (χ3v) is 8.25. The van der Waals surface area contributed by atoms with Gasteiger partial charge in [0.15, 0.2) is 5.82 Å². The van der Waals surface area contributed by atoms with Crippen LogP contribution in [0.15, 0.2) is 24.4 Å². The van der Waals surface area contributed by atoms with E-state index < -0.39 is 0 Å². The van der Waals surface area contributed by atoms with Crippen LogP contribution in [0.2, 0.25) is 0 Å². The number of hydrogen-bond donors (Lipinski definition) is 2. The molecule has 3 aromatic rings. The number of aromatic nitrogens is 5. The molecule has 5 heterocycles. The van der Waals surface area contributed by atoms with Gasteiger partial charge in [0.1, 0.15) is 29.7 Å². The molecule has 6 rings (SSSR count). The van der Waals surface area contributed by atoms with E-state index in [0.29, 0.717) is 30.5 Å². The molecule has 198 valence electrons. The van der Waals surface area contributed by atoms with Gasteiger partial charge in [-0.1, -0.05) is 6.07 Å². The summed E-state index contributed by atoms with van der Waals surface area (Å²) in [5.74, 6) is 4.50. The van der Waals surface area contributed by atoms with Crippen molar-refractivity contribution in [2.45, 2.75) is 78.0 Å². The highest BCUT2D eigenvalue weighted by atomic mass is 16.5. The van der Waals surface area contributed by atoms with Crippen molar-refractivity contribution in [3.8, 4) is 28.7 Å². The first-order valence-corrected chi connectivity index (χ1v) is 13.9. The molecule has 0 saturated carbocycles. The molecular formula is C28H40N8O. The second kappa shape index (κ2) is 9.85. The Labute approximate surface area is 219 Å². The Kier molecular flexibility index (Phi) is 6.54. The molecule has 37 heavy (non-hydrogen) atoms. The Morgan fingerprint density at radius 1 is 1.05 bits per heavy atom. The fraction of sp³-hybridized carbons (Fsp3) is 0.607. The molecule has 0 radical (unpaired) electrons. The van der Waals surface area contributed by atoms with Gasteiger partial charge in [0, 0.05) is 43.3 Å². The number of likely N-dealkylation sites (tertiary alicyclic amines) is 1. The summed E-state index contributed by atoms with van der Waals surface area (Å²) in [5, 5.41) is 4.59. The lowest BCUT2D eigenvalue weighted by atomic mass is 9.80. The van der Waals surface area contributed by atoms with Gasteiger partial charge in [0.25, 0.3) is 0 Å². The summed E-state index contributed by atoms with van der Waals surface area (Å²) in [6, 6.07) is 7.98. The summed E-state index contributed by atoms with van der Waals surface area (Å²) in [5.41, 5.74) is 10.3. The van der Waals surface area contributed by atoms with E-state index >= 15 is 0 Å². The smallest absolute Gasteiger partial charge is 0.178 e. The molecule has 1 aromatic carbocycles. The number of ether oxygens (including phenoxy) is 1. The molecule has 0 spiro atoms. The normalized spacial score (nSPS) is 24.2. The van der Waals surface area contributed by atoms with Gasteiger partial charge in [0.05, 0.1) is 12.1 Å². The third-order valence-electron chi connectivity index (χ3n) is 8.25. The number of benzene rings is 1. The number of nitrogens with zero attached hydrogens (tertiary/aromatic N) is 6. The average Bonchev–Trinajstić information content (AvgIpc) is 3.60. The van der Waals surface area contributed by atoms with Crippen LogP contribution in [-0.4, -0.2) is 67.5 Å². The van der Waals surface area contributed by atoms with Crippen LogP contribution in [0.4, 0.5) is 0 Å². The van der Waals surface area contributed by atoms with Crippen molar-refractivity contribution in [2.24, 2.45) is 5.92 Å². The number of nitrogens with one attached hydrogen (secondary N) is 2. The lowest BCUT2D eigenvalue weighted by Crippen LogP contribution is -2.48. The number of fused-ring (bicyclic) bond motifs is 3. The predicted molar refractivity (Wildman–Crippen MR) is 144 cm³/mol. The van der Waals surface area contributed by atoms with Crippen molar-refractivity contribution >= 4 is 0 Å². The standard InChI is InChI=1S/C28H40N8O/c1-17(2)34-10-6-7-21(15-34)26-23(14-29-32-26)20-8-9-22-25(13-20)37-12-11-35-16-24(31-27(22)35)28-30-19(5)33-36(28)18(3)4/h8-9,13,16-18,21,23,26,29,32H,6-7,10-12,14-15H2,1-5H3. The van der Waals surface area contributed by atoms with Gasteiger partial charge in [-0.25, -0.2) is 14.6 Å². The summed E-state index contributed by atoms with van der Waals surface area (Å²) >= 11 is 0. The van der Waals surface area contributed by atoms with Crippen molar-refractivity contribution in [3.63, 3.8) is 0 Å².